The van der Waals surface area contributed by atoms with Crippen LogP contribution < -0.4 is 11.1 Å². The molecule has 1 atom stereocenters. The van der Waals surface area contributed by atoms with Crippen molar-refractivity contribution in [2.24, 2.45) is 5.73 Å². The first-order valence-corrected chi connectivity index (χ1v) is 8.93. The molecule has 0 aliphatic carbocycles. The number of nitrogens with zero attached hydrogens (tertiary/aromatic N) is 4. The van der Waals surface area contributed by atoms with Gasteiger partial charge in [0, 0.05) is 32.1 Å². The molecule has 26 heavy (non-hydrogen) atoms. The lowest BCUT2D eigenvalue weighted by Crippen LogP contribution is -2.46. The van der Waals surface area contributed by atoms with Gasteiger partial charge in [-0.1, -0.05) is 24.6 Å². The van der Waals surface area contributed by atoms with Crippen molar-refractivity contribution in [1.29, 1.82) is 0 Å². The Morgan fingerprint density at radius 1 is 1.27 bits per heavy atom. The standard InChI is InChI=1S/C18H26N6O.ClH/c19-10-9-18(25)20-13-17-8-4-5-11-23(17)14-15-12-21-24(22-15)16-6-2-1-3-7-16;/h1-3,6-7,12,17H,4-5,8-11,13-14,19H2,(H,20,25);1H. The van der Waals surface area contributed by atoms with Gasteiger partial charge >= 0.3 is 0 Å². The zero-order valence-electron chi connectivity index (χ0n) is 14.9. The van der Waals surface area contributed by atoms with E-state index >= 15 is 0 Å². The quantitative estimate of drug-likeness (QED) is 0.762. The Morgan fingerprint density at radius 2 is 2.08 bits per heavy atom. The number of halogens is 1. The van der Waals surface area contributed by atoms with Crippen LogP contribution in [0.1, 0.15) is 31.4 Å². The monoisotopic (exact) mass is 378 g/mol. The summed E-state index contributed by atoms with van der Waals surface area (Å²) in [5.74, 6) is 0.0306. The lowest BCUT2D eigenvalue weighted by Gasteiger charge is -2.35. The highest BCUT2D eigenvalue weighted by molar-refractivity contribution is 5.85. The van der Waals surface area contributed by atoms with E-state index < -0.39 is 0 Å². The maximum Gasteiger partial charge on any atom is 0.221 e. The van der Waals surface area contributed by atoms with Gasteiger partial charge in [0.1, 0.15) is 0 Å². The van der Waals surface area contributed by atoms with Crippen LogP contribution >= 0.6 is 12.4 Å². The topological polar surface area (TPSA) is 89.1 Å². The van der Waals surface area contributed by atoms with E-state index in [9.17, 15) is 4.79 Å². The summed E-state index contributed by atoms with van der Waals surface area (Å²) < 4.78 is 0. The summed E-state index contributed by atoms with van der Waals surface area (Å²) in [6, 6.07) is 10.2. The van der Waals surface area contributed by atoms with E-state index in [1.54, 1.807) is 4.80 Å². The van der Waals surface area contributed by atoms with Gasteiger partial charge in [-0.2, -0.15) is 15.0 Å². The molecule has 2 aromatic rings. The van der Waals surface area contributed by atoms with Gasteiger partial charge < -0.3 is 11.1 Å². The summed E-state index contributed by atoms with van der Waals surface area (Å²) in [5, 5.41) is 12.0. The molecule has 1 aromatic carbocycles. The van der Waals surface area contributed by atoms with Crippen LogP contribution in [0.2, 0.25) is 0 Å². The third-order valence-corrected chi connectivity index (χ3v) is 4.55. The molecule has 1 amide bonds. The van der Waals surface area contributed by atoms with E-state index in [0.29, 0.717) is 25.6 Å². The van der Waals surface area contributed by atoms with Crippen LogP contribution in [0.4, 0.5) is 0 Å². The molecule has 1 aromatic heterocycles. The number of carbonyl (C=O) groups is 1. The minimum absolute atomic E-state index is 0. The second kappa shape index (κ2) is 10.3. The van der Waals surface area contributed by atoms with Crippen LogP contribution in [0.15, 0.2) is 36.5 Å². The van der Waals surface area contributed by atoms with E-state index in [-0.39, 0.29) is 18.3 Å². The van der Waals surface area contributed by atoms with Gasteiger partial charge in [-0.25, -0.2) is 0 Å². The summed E-state index contributed by atoms with van der Waals surface area (Å²) in [7, 11) is 0. The lowest BCUT2D eigenvalue weighted by molar-refractivity contribution is -0.121. The van der Waals surface area contributed by atoms with Gasteiger partial charge in [0.05, 0.1) is 17.6 Å². The number of para-hydroxylation sites is 1. The van der Waals surface area contributed by atoms with Crippen molar-refractivity contribution in [3.05, 3.63) is 42.2 Å². The maximum absolute atomic E-state index is 11.7. The summed E-state index contributed by atoms with van der Waals surface area (Å²) in [4.78, 5) is 15.7. The van der Waals surface area contributed by atoms with Gasteiger partial charge in [0.25, 0.3) is 0 Å². The predicted molar refractivity (Wildman–Crippen MR) is 103 cm³/mol. The number of benzene rings is 1. The molecule has 1 unspecified atom stereocenters. The van der Waals surface area contributed by atoms with Crippen LogP contribution in [0, 0.1) is 0 Å². The average Bonchev–Trinajstić information content (AvgIpc) is 3.11. The normalized spacial score (nSPS) is 17.5. The molecule has 3 rings (SSSR count). The largest absolute Gasteiger partial charge is 0.354 e. The number of likely N-dealkylation sites (tertiary alicyclic amines) is 1. The molecule has 1 aliphatic heterocycles. The van der Waals surface area contributed by atoms with Crippen LogP contribution in [0.25, 0.3) is 5.69 Å². The second-order valence-electron chi connectivity index (χ2n) is 6.42. The first-order valence-electron chi connectivity index (χ1n) is 8.93. The zero-order valence-corrected chi connectivity index (χ0v) is 15.7. The fraction of sp³-hybridized carbons (Fsp3) is 0.500. The number of nitrogens with two attached hydrogens (primary N) is 1. The number of hydrogen-bond donors (Lipinski definition) is 2. The fourth-order valence-electron chi connectivity index (χ4n) is 3.21. The van der Waals surface area contributed by atoms with E-state index in [2.05, 4.69) is 20.4 Å². The summed E-state index contributed by atoms with van der Waals surface area (Å²) >= 11 is 0. The third-order valence-electron chi connectivity index (χ3n) is 4.55. The highest BCUT2D eigenvalue weighted by Crippen LogP contribution is 2.18. The Balaban J connectivity index is 0.00000243. The van der Waals surface area contributed by atoms with Crippen molar-refractivity contribution < 1.29 is 4.79 Å². The lowest BCUT2D eigenvalue weighted by atomic mass is 10.0. The van der Waals surface area contributed by atoms with Gasteiger partial charge in [0.15, 0.2) is 0 Å². The minimum Gasteiger partial charge on any atom is -0.354 e. The van der Waals surface area contributed by atoms with Crippen molar-refractivity contribution in [2.75, 3.05) is 19.6 Å². The van der Waals surface area contributed by atoms with E-state index in [0.717, 1.165) is 30.9 Å². The summed E-state index contributed by atoms with van der Waals surface area (Å²) in [6.45, 7) is 2.84. The molecule has 0 spiro atoms. The molecule has 2 heterocycles. The molecule has 0 bridgehead atoms. The molecule has 1 fully saturated rings. The first kappa shape index (κ1) is 20.4. The van der Waals surface area contributed by atoms with Crippen molar-refractivity contribution >= 4 is 18.3 Å². The fourth-order valence-corrected chi connectivity index (χ4v) is 3.21. The molecule has 1 saturated heterocycles. The first-order chi connectivity index (χ1) is 12.3. The van der Waals surface area contributed by atoms with Crippen molar-refractivity contribution in [2.45, 2.75) is 38.3 Å². The molecule has 3 N–H and O–H groups in total. The smallest absolute Gasteiger partial charge is 0.221 e. The van der Waals surface area contributed by atoms with Crippen LogP contribution in [-0.2, 0) is 11.3 Å². The molecule has 0 saturated carbocycles. The average molecular weight is 379 g/mol. The molecule has 1 aliphatic rings. The Bertz CT molecular complexity index is 677. The summed E-state index contributed by atoms with van der Waals surface area (Å²) in [6.07, 6.45) is 5.68. The number of rotatable bonds is 7. The number of aromatic nitrogens is 3. The van der Waals surface area contributed by atoms with Crippen molar-refractivity contribution in [1.82, 2.24) is 25.2 Å². The molecule has 7 nitrogen and oxygen atoms in total. The third kappa shape index (κ3) is 5.52. The van der Waals surface area contributed by atoms with Crippen LogP contribution in [0.3, 0.4) is 0 Å². The van der Waals surface area contributed by atoms with E-state index in [4.69, 9.17) is 5.73 Å². The predicted octanol–water partition coefficient (Wildman–Crippen LogP) is 1.51. The maximum atomic E-state index is 11.7. The van der Waals surface area contributed by atoms with E-state index in [1.807, 2.05) is 36.5 Å². The molecular formula is C18H27ClN6O. The van der Waals surface area contributed by atoms with E-state index in [1.165, 1.54) is 12.8 Å². The number of hydrogen-bond acceptors (Lipinski definition) is 5. The highest BCUT2D eigenvalue weighted by Gasteiger charge is 2.23. The SMILES string of the molecule is Cl.NCCC(=O)NCC1CCCCN1Cc1cnn(-c2ccccc2)n1. The van der Waals surface area contributed by atoms with Gasteiger partial charge in [-0.05, 0) is 31.5 Å². The van der Waals surface area contributed by atoms with Gasteiger partial charge in [-0.15, -0.1) is 12.4 Å². The Kier molecular flexibility index (Phi) is 8.03. The van der Waals surface area contributed by atoms with Crippen molar-refractivity contribution in [3.8, 4) is 5.69 Å². The molecule has 0 radical (unpaired) electrons. The molecule has 142 valence electrons. The molecular weight excluding hydrogens is 352 g/mol. The Morgan fingerprint density at radius 3 is 2.85 bits per heavy atom. The van der Waals surface area contributed by atoms with Crippen molar-refractivity contribution in [3.63, 3.8) is 0 Å². The van der Waals surface area contributed by atoms with Gasteiger partial charge in [0.2, 0.25) is 5.91 Å². The van der Waals surface area contributed by atoms with Gasteiger partial charge in [-0.3, -0.25) is 9.69 Å². The number of piperidine rings is 1. The number of amides is 1. The highest BCUT2D eigenvalue weighted by atomic mass is 35.5. The summed E-state index contributed by atoms with van der Waals surface area (Å²) in [5.41, 5.74) is 7.33. The van der Waals surface area contributed by atoms with Crippen LogP contribution in [0.5, 0.6) is 0 Å². The number of carbonyl (C=O) groups excluding carboxylic acids is 1. The molecule has 8 heteroatoms. The minimum atomic E-state index is 0. The second-order valence-corrected chi connectivity index (χ2v) is 6.42. The Hall–Kier alpha value is -1.96. The zero-order chi connectivity index (χ0) is 17.5. The number of nitrogens with one attached hydrogen (secondary N) is 1. The van der Waals surface area contributed by atoms with Crippen LogP contribution in [-0.4, -0.2) is 51.5 Å². The Labute approximate surface area is 160 Å².